The summed E-state index contributed by atoms with van der Waals surface area (Å²) >= 11 is 0. The Morgan fingerprint density at radius 2 is 0.714 bits per heavy atom. The van der Waals surface area contributed by atoms with Crippen molar-refractivity contribution in [3.8, 4) is 50.4 Å². The summed E-state index contributed by atoms with van der Waals surface area (Å²) < 4.78 is 20.2. The average Bonchev–Trinajstić information content (AvgIpc) is 1.57. The predicted octanol–water partition coefficient (Wildman–Crippen LogP) is 25.3. The van der Waals surface area contributed by atoms with Gasteiger partial charge in [0.1, 0.15) is 22.3 Å². The van der Waals surface area contributed by atoms with E-state index in [-0.39, 0.29) is 5.92 Å². The van der Waals surface area contributed by atoms with Crippen LogP contribution in [-0.4, -0.2) is 13.7 Å². The van der Waals surface area contributed by atoms with E-state index in [4.69, 9.17) is 8.83 Å². The predicted molar refractivity (Wildman–Crippen MR) is 409 cm³/mol. The number of nitrogens with zero attached hydrogens (tertiary/aromatic N) is 3. The summed E-state index contributed by atoms with van der Waals surface area (Å²) in [5.74, 6) is 0.206. The molecule has 0 saturated carbocycles. The Morgan fingerprint density at radius 3 is 1.44 bits per heavy atom. The minimum atomic E-state index is 0.206. The van der Waals surface area contributed by atoms with E-state index in [2.05, 4.69) is 341 Å². The third kappa shape index (κ3) is 8.20. The van der Waals surface area contributed by atoms with Crippen LogP contribution in [0.3, 0.4) is 0 Å². The molecular formula is C93H57N3O2. The van der Waals surface area contributed by atoms with Crippen molar-refractivity contribution >= 4 is 131 Å². The summed E-state index contributed by atoms with van der Waals surface area (Å²) in [6.45, 7) is 0. The van der Waals surface area contributed by atoms with Crippen LogP contribution in [0.25, 0.3) is 181 Å². The van der Waals surface area contributed by atoms with Crippen molar-refractivity contribution in [1.29, 1.82) is 0 Å². The Kier molecular flexibility index (Phi) is 11.8. The smallest absolute Gasteiger partial charge is 0.145 e. The van der Waals surface area contributed by atoms with Gasteiger partial charge in [0.2, 0.25) is 0 Å². The van der Waals surface area contributed by atoms with Crippen LogP contribution in [-0.2, 0) is 0 Å². The summed E-state index contributed by atoms with van der Waals surface area (Å²) in [6, 6.07) is 123. The van der Waals surface area contributed by atoms with Gasteiger partial charge in [-0.1, -0.05) is 218 Å². The van der Waals surface area contributed by atoms with Gasteiger partial charge in [-0.2, -0.15) is 0 Å². The van der Waals surface area contributed by atoms with Crippen molar-refractivity contribution < 1.29 is 8.83 Å². The molecule has 0 bridgehead atoms. The highest BCUT2D eigenvalue weighted by Gasteiger charge is 2.31. The van der Waals surface area contributed by atoms with Gasteiger partial charge in [0.05, 0.1) is 38.5 Å². The Balaban J connectivity index is 0.000000129. The number of para-hydroxylation sites is 5. The fourth-order valence-electron chi connectivity index (χ4n) is 16.6. The number of benzene rings is 16. The second-order valence-corrected chi connectivity index (χ2v) is 26.2. The molecule has 16 aromatic carbocycles. The lowest BCUT2D eigenvalue weighted by Crippen LogP contribution is -1.99. The summed E-state index contributed by atoms with van der Waals surface area (Å²) in [6.07, 6.45) is 0. The van der Waals surface area contributed by atoms with Gasteiger partial charge in [-0.25, -0.2) is 0 Å². The maximum Gasteiger partial charge on any atom is 0.145 e. The molecule has 456 valence electrons. The van der Waals surface area contributed by atoms with Gasteiger partial charge >= 0.3 is 0 Å². The molecule has 5 nitrogen and oxygen atoms in total. The molecule has 0 saturated heterocycles. The lowest BCUT2D eigenvalue weighted by Gasteiger charge is -2.16. The standard InChI is InChI=1S/C47H29NO.C46H28N2O/c1-2-12-34(13-3-1)48-42-24-21-32(28-41(42)46-43(48)25-23-39-36-15-8-9-17-44(36)49-47(39)46)31-20-22-38-40(27-31)35-14-6-7-16-37(35)45(38)33-19-18-29-10-4-5-11-30(29)26-33;1-2-12-33(13-3-1)47-41-23-20-32(28-38(41)45-42(47)24-25-44-46(45)36-15-7-9-17-43(36)49-44)31-19-22-40-37(27-31)35-14-6-8-16-39(35)48(40)34-21-18-29-10-4-5-11-30(29)26-34/h1-28,45H;1-28H. The van der Waals surface area contributed by atoms with E-state index in [1.54, 1.807) is 0 Å². The second-order valence-electron chi connectivity index (χ2n) is 26.2. The Hall–Kier alpha value is -13.0. The molecule has 0 fully saturated rings. The van der Waals surface area contributed by atoms with Crippen molar-refractivity contribution in [3.63, 3.8) is 0 Å². The molecule has 5 heterocycles. The molecule has 5 heteroatoms. The first kappa shape index (κ1) is 54.4. The Morgan fingerprint density at radius 1 is 0.224 bits per heavy atom. The van der Waals surface area contributed by atoms with Crippen LogP contribution in [0.2, 0.25) is 0 Å². The first-order chi connectivity index (χ1) is 48.6. The van der Waals surface area contributed by atoms with Crippen LogP contribution in [0.5, 0.6) is 0 Å². The summed E-state index contributed by atoms with van der Waals surface area (Å²) in [5, 5.41) is 16.9. The van der Waals surface area contributed by atoms with E-state index in [1.807, 2.05) is 12.1 Å². The highest BCUT2D eigenvalue weighted by Crippen LogP contribution is 2.51. The number of fused-ring (bicyclic) bond motifs is 22. The molecule has 1 aliphatic rings. The van der Waals surface area contributed by atoms with E-state index in [9.17, 15) is 0 Å². The quantitative estimate of drug-likeness (QED) is 0.166. The molecule has 22 rings (SSSR count). The van der Waals surface area contributed by atoms with Gasteiger partial charge in [-0.15, -0.1) is 0 Å². The highest BCUT2D eigenvalue weighted by molar-refractivity contribution is 6.28. The Bertz CT molecular complexity index is 6880. The van der Waals surface area contributed by atoms with Crippen molar-refractivity contribution in [2.75, 3.05) is 0 Å². The van der Waals surface area contributed by atoms with Crippen LogP contribution in [0, 0.1) is 0 Å². The number of aromatic nitrogens is 3. The number of hydrogen-bond acceptors (Lipinski definition) is 2. The fraction of sp³-hybridized carbons (Fsp3) is 0.0108. The molecule has 0 spiro atoms. The molecule has 0 radical (unpaired) electrons. The summed E-state index contributed by atoms with van der Waals surface area (Å²) in [4.78, 5) is 0. The van der Waals surface area contributed by atoms with Crippen molar-refractivity contribution in [1.82, 2.24) is 13.7 Å². The fourth-order valence-corrected chi connectivity index (χ4v) is 16.6. The van der Waals surface area contributed by atoms with Crippen LogP contribution >= 0.6 is 0 Å². The van der Waals surface area contributed by atoms with E-state index < -0.39 is 0 Å². The van der Waals surface area contributed by atoms with Crippen molar-refractivity contribution in [3.05, 3.63) is 356 Å². The highest BCUT2D eigenvalue weighted by atomic mass is 16.3. The van der Waals surface area contributed by atoms with Gasteiger partial charge in [-0.05, 0) is 193 Å². The maximum absolute atomic E-state index is 6.64. The monoisotopic (exact) mass is 1250 g/mol. The number of hydrogen-bond donors (Lipinski definition) is 0. The zero-order chi connectivity index (χ0) is 64.1. The molecule has 5 aromatic heterocycles. The van der Waals surface area contributed by atoms with Crippen LogP contribution < -0.4 is 0 Å². The zero-order valence-electron chi connectivity index (χ0n) is 53.1. The van der Waals surface area contributed by atoms with Crippen molar-refractivity contribution in [2.24, 2.45) is 0 Å². The molecule has 1 aliphatic carbocycles. The topological polar surface area (TPSA) is 41.1 Å². The molecule has 0 N–H and O–H groups in total. The largest absolute Gasteiger partial charge is 0.456 e. The van der Waals surface area contributed by atoms with Gasteiger partial charge < -0.3 is 22.5 Å². The lowest BCUT2D eigenvalue weighted by atomic mass is 9.87. The number of furan rings is 2. The third-order valence-corrected chi connectivity index (χ3v) is 20.9. The van der Waals surface area contributed by atoms with Gasteiger partial charge in [0, 0.05) is 71.5 Å². The summed E-state index contributed by atoms with van der Waals surface area (Å²) in [5.41, 5.74) is 25.7. The van der Waals surface area contributed by atoms with E-state index >= 15 is 0 Å². The lowest BCUT2D eigenvalue weighted by molar-refractivity contribution is 0.669. The minimum absolute atomic E-state index is 0.206. The van der Waals surface area contributed by atoms with Crippen LogP contribution in [0.1, 0.15) is 22.6 Å². The first-order valence-electron chi connectivity index (χ1n) is 33.7. The molecule has 21 aromatic rings. The first-order valence-corrected chi connectivity index (χ1v) is 33.7. The van der Waals surface area contributed by atoms with Crippen LogP contribution in [0.4, 0.5) is 0 Å². The molecule has 0 amide bonds. The Labute approximate surface area is 562 Å². The third-order valence-electron chi connectivity index (χ3n) is 20.9. The van der Waals surface area contributed by atoms with E-state index in [0.29, 0.717) is 0 Å². The van der Waals surface area contributed by atoms with Gasteiger partial charge in [0.25, 0.3) is 0 Å². The minimum Gasteiger partial charge on any atom is -0.456 e. The zero-order valence-corrected chi connectivity index (χ0v) is 53.1. The van der Waals surface area contributed by atoms with Crippen molar-refractivity contribution in [2.45, 2.75) is 5.92 Å². The number of rotatable bonds is 6. The molecular weight excluding hydrogens is 1190 g/mol. The SMILES string of the molecule is c1ccc(-n2c3ccc(-c4ccc5c(c4)-c4ccccc4C5c4ccc5ccccc5c4)cc3c3c4oc5ccccc5c4ccc32)cc1.c1ccc(-n2c3ccc(-c4ccc5c(c4)c4ccccc4n5-c4ccc5ccccc5c4)cc3c3c4c(ccc32)oc2ccccc24)cc1. The van der Waals surface area contributed by atoms with Crippen LogP contribution in [0.15, 0.2) is 349 Å². The van der Waals surface area contributed by atoms with E-state index in [1.165, 1.54) is 137 Å². The summed E-state index contributed by atoms with van der Waals surface area (Å²) in [7, 11) is 0. The van der Waals surface area contributed by atoms with Gasteiger partial charge in [-0.3, -0.25) is 0 Å². The molecule has 0 aliphatic heterocycles. The molecule has 1 atom stereocenters. The molecule has 1 unspecified atom stereocenters. The molecule has 98 heavy (non-hydrogen) atoms. The average molecular weight is 1250 g/mol. The van der Waals surface area contributed by atoms with E-state index in [0.717, 1.165) is 60.8 Å². The normalized spacial score (nSPS) is 13.0. The van der Waals surface area contributed by atoms with Gasteiger partial charge in [0.15, 0.2) is 0 Å². The maximum atomic E-state index is 6.64. The second kappa shape index (κ2) is 21.3.